The summed E-state index contributed by atoms with van der Waals surface area (Å²) in [6.07, 6.45) is 23.2. The molecule has 0 atom stereocenters. The van der Waals surface area contributed by atoms with Gasteiger partial charge in [-0.3, -0.25) is 4.79 Å². The van der Waals surface area contributed by atoms with E-state index < -0.39 is 18.5 Å². The van der Waals surface area contributed by atoms with Gasteiger partial charge < -0.3 is 9.84 Å². The van der Waals surface area contributed by atoms with Gasteiger partial charge in [-0.1, -0.05) is 69.8 Å². The zero-order valence-electron chi connectivity index (χ0n) is 15.9. The molecule has 0 spiro atoms. The fourth-order valence-electron chi connectivity index (χ4n) is 2.47. The summed E-state index contributed by atoms with van der Waals surface area (Å²) < 4.78 is 4.57. The summed E-state index contributed by atoms with van der Waals surface area (Å²) in [5.74, 6) is -1.52. The molecule has 0 bridgehead atoms. The fraction of sp³-hybridized carbons (Fsp3) is 0.714. The molecular weight excluding hydrogens is 316 g/mol. The third-order valence-electron chi connectivity index (χ3n) is 3.94. The minimum Gasteiger partial charge on any atom is -0.479 e. The van der Waals surface area contributed by atoms with Crippen LogP contribution in [-0.4, -0.2) is 23.7 Å². The molecule has 0 fully saturated rings. The molecule has 144 valence electrons. The van der Waals surface area contributed by atoms with Gasteiger partial charge in [-0.25, -0.2) is 4.79 Å². The molecule has 0 radical (unpaired) electrons. The molecule has 0 heterocycles. The molecule has 0 unspecified atom stereocenters. The number of allylic oxidation sites excluding steroid dienone is 4. The Balaban J connectivity index is 3.28. The Morgan fingerprint density at radius 2 is 1.36 bits per heavy atom. The van der Waals surface area contributed by atoms with Crippen molar-refractivity contribution in [1.82, 2.24) is 0 Å². The van der Waals surface area contributed by atoms with Crippen LogP contribution in [0.15, 0.2) is 24.3 Å². The molecule has 0 aliphatic rings. The molecule has 0 aliphatic heterocycles. The number of esters is 1. The topological polar surface area (TPSA) is 63.6 Å². The average Bonchev–Trinajstić information content (AvgIpc) is 2.59. The van der Waals surface area contributed by atoms with Crippen LogP contribution in [0.2, 0.25) is 0 Å². The number of carboxylic acids is 1. The van der Waals surface area contributed by atoms with Gasteiger partial charge in [0.1, 0.15) is 0 Å². The number of hydrogen-bond acceptors (Lipinski definition) is 3. The Bertz CT molecular complexity index is 385. The quantitative estimate of drug-likeness (QED) is 0.203. The summed E-state index contributed by atoms with van der Waals surface area (Å²) in [4.78, 5) is 21.4. The van der Waals surface area contributed by atoms with Crippen LogP contribution in [0.4, 0.5) is 0 Å². The van der Waals surface area contributed by atoms with E-state index in [2.05, 4.69) is 36.0 Å². The van der Waals surface area contributed by atoms with Gasteiger partial charge >= 0.3 is 11.9 Å². The normalized spacial score (nSPS) is 11.4. The molecule has 0 aromatic carbocycles. The number of aliphatic carboxylic acids is 1. The van der Waals surface area contributed by atoms with Crippen LogP contribution in [0.25, 0.3) is 0 Å². The zero-order valence-corrected chi connectivity index (χ0v) is 15.9. The maximum Gasteiger partial charge on any atom is 0.341 e. The molecule has 0 saturated carbocycles. The summed E-state index contributed by atoms with van der Waals surface area (Å²) in [6, 6.07) is 0. The lowest BCUT2D eigenvalue weighted by Gasteiger charge is -2.02. The van der Waals surface area contributed by atoms with Gasteiger partial charge in [0.25, 0.3) is 0 Å². The highest BCUT2D eigenvalue weighted by molar-refractivity contribution is 5.75. The van der Waals surface area contributed by atoms with Gasteiger partial charge in [-0.2, -0.15) is 0 Å². The number of rotatable bonds is 17. The second kappa shape index (κ2) is 18.8. The molecule has 0 aromatic rings. The van der Waals surface area contributed by atoms with Gasteiger partial charge in [-0.05, 0) is 38.5 Å². The predicted molar refractivity (Wildman–Crippen MR) is 103 cm³/mol. The summed E-state index contributed by atoms with van der Waals surface area (Å²) in [5.41, 5.74) is 0. The molecule has 4 nitrogen and oxygen atoms in total. The van der Waals surface area contributed by atoms with E-state index in [1.807, 2.05) is 0 Å². The van der Waals surface area contributed by atoms with Gasteiger partial charge in [0.2, 0.25) is 0 Å². The second-order valence-electron chi connectivity index (χ2n) is 6.39. The van der Waals surface area contributed by atoms with E-state index in [0.717, 1.165) is 32.1 Å². The van der Waals surface area contributed by atoms with Crippen LogP contribution >= 0.6 is 0 Å². The van der Waals surface area contributed by atoms with E-state index in [0.29, 0.717) is 6.42 Å². The molecule has 0 rings (SSSR count). The van der Waals surface area contributed by atoms with Crippen molar-refractivity contribution in [1.29, 1.82) is 0 Å². The van der Waals surface area contributed by atoms with Gasteiger partial charge in [0, 0.05) is 6.42 Å². The van der Waals surface area contributed by atoms with Crippen molar-refractivity contribution in [2.24, 2.45) is 0 Å². The van der Waals surface area contributed by atoms with Crippen molar-refractivity contribution in [3.8, 4) is 0 Å². The van der Waals surface area contributed by atoms with Crippen LogP contribution in [0.3, 0.4) is 0 Å². The largest absolute Gasteiger partial charge is 0.479 e. The summed E-state index contributed by atoms with van der Waals surface area (Å²) in [5, 5.41) is 8.39. The predicted octanol–water partition coefficient (Wildman–Crippen LogP) is 5.82. The van der Waals surface area contributed by atoms with Gasteiger partial charge in [0.15, 0.2) is 6.61 Å². The molecule has 0 aliphatic carbocycles. The Labute approximate surface area is 153 Å². The first-order valence-electron chi connectivity index (χ1n) is 9.84. The summed E-state index contributed by atoms with van der Waals surface area (Å²) in [6.45, 7) is 1.71. The SMILES string of the molecule is CCCCCC/C=C\C/C=C\CCCCCCCC(=O)OCC(=O)O. The average molecular weight is 353 g/mol. The van der Waals surface area contributed by atoms with Gasteiger partial charge in [0.05, 0.1) is 0 Å². The van der Waals surface area contributed by atoms with Crippen LogP contribution < -0.4 is 0 Å². The number of unbranched alkanes of at least 4 members (excludes halogenated alkanes) is 9. The molecule has 0 amide bonds. The number of carbonyl (C=O) groups excluding carboxylic acids is 1. The lowest BCUT2D eigenvalue weighted by molar-refractivity contribution is -0.155. The molecule has 0 aromatic heterocycles. The van der Waals surface area contributed by atoms with Crippen LogP contribution in [0.5, 0.6) is 0 Å². The lowest BCUT2D eigenvalue weighted by atomic mass is 10.1. The number of hydrogen-bond donors (Lipinski definition) is 1. The van der Waals surface area contributed by atoms with Crippen molar-refractivity contribution in [3.63, 3.8) is 0 Å². The van der Waals surface area contributed by atoms with Crippen LogP contribution in [0, 0.1) is 0 Å². The van der Waals surface area contributed by atoms with Crippen molar-refractivity contribution in [2.45, 2.75) is 90.4 Å². The molecule has 0 saturated heterocycles. The first-order valence-corrected chi connectivity index (χ1v) is 9.84. The monoisotopic (exact) mass is 352 g/mol. The van der Waals surface area contributed by atoms with Crippen LogP contribution in [-0.2, 0) is 14.3 Å². The maximum atomic E-state index is 11.2. The van der Waals surface area contributed by atoms with E-state index >= 15 is 0 Å². The van der Waals surface area contributed by atoms with Crippen molar-refractivity contribution < 1.29 is 19.4 Å². The van der Waals surface area contributed by atoms with E-state index in [-0.39, 0.29) is 0 Å². The van der Waals surface area contributed by atoms with Crippen molar-refractivity contribution in [3.05, 3.63) is 24.3 Å². The van der Waals surface area contributed by atoms with Crippen LogP contribution in [0.1, 0.15) is 90.4 Å². The van der Waals surface area contributed by atoms with Crippen molar-refractivity contribution >= 4 is 11.9 Å². The van der Waals surface area contributed by atoms with Gasteiger partial charge in [-0.15, -0.1) is 0 Å². The highest BCUT2D eigenvalue weighted by Gasteiger charge is 2.05. The zero-order chi connectivity index (χ0) is 18.6. The second-order valence-corrected chi connectivity index (χ2v) is 6.39. The summed E-state index contributed by atoms with van der Waals surface area (Å²) in [7, 11) is 0. The first kappa shape index (κ1) is 23.4. The highest BCUT2D eigenvalue weighted by atomic mass is 16.5. The van der Waals surface area contributed by atoms with E-state index in [1.165, 1.54) is 44.9 Å². The van der Waals surface area contributed by atoms with E-state index in [4.69, 9.17) is 5.11 Å². The smallest absolute Gasteiger partial charge is 0.341 e. The van der Waals surface area contributed by atoms with E-state index in [9.17, 15) is 9.59 Å². The number of carboxylic acid groups (broad SMARTS) is 1. The first-order chi connectivity index (χ1) is 12.2. The molecular formula is C21H36O4. The maximum absolute atomic E-state index is 11.2. The van der Waals surface area contributed by atoms with E-state index in [1.54, 1.807) is 0 Å². The Morgan fingerprint density at radius 1 is 0.800 bits per heavy atom. The summed E-state index contributed by atoms with van der Waals surface area (Å²) >= 11 is 0. The number of ether oxygens (including phenoxy) is 1. The number of carbonyl (C=O) groups is 2. The Hall–Kier alpha value is -1.58. The third kappa shape index (κ3) is 20.4. The lowest BCUT2D eigenvalue weighted by Crippen LogP contribution is -2.12. The minimum atomic E-state index is -1.11. The molecule has 4 heteroatoms. The Kier molecular flexibility index (Phi) is 17.6. The molecule has 25 heavy (non-hydrogen) atoms. The minimum absolute atomic E-state index is 0.317. The third-order valence-corrected chi connectivity index (χ3v) is 3.94. The standard InChI is InChI=1S/C21H36O4/c1-2-3-4-5-6-7-8-9-10-11-12-13-14-15-16-17-18-21(24)25-19-20(22)23/h7-8,10-11H,2-6,9,12-19H2,1H3,(H,22,23)/b8-7-,11-10-. The molecule has 1 N–H and O–H groups in total. The Morgan fingerprint density at radius 3 is 1.96 bits per heavy atom. The highest BCUT2D eigenvalue weighted by Crippen LogP contribution is 2.08. The fourth-order valence-corrected chi connectivity index (χ4v) is 2.47. The van der Waals surface area contributed by atoms with Crippen molar-refractivity contribution in [2.75, 3.05) is 6.61 Å².